The number of carbonyl (C=O) groups is 2. The number of amides is 2. The average molecular weight is 498 g/mol. The molecule has 0 fully saturated rings. The first-order valence-electron chi connectivity index (χ1n) is 12.1. The molecule has 3 rings (SSSR count). The van der Waals surface area contributed by atoms with Gasteiger partial charge < -0.3 is 20.1 Å². The molecule has 2 amide bonds. The Bertz CT molecular complexity index is 1110. The van der Waals surface area contributed by atoms with Gasteiger partial charge in [-0.05, 0) is 56.5 Å². The normalized spacial score (nSPS) is 10.6. The molecule has 1 aromatic heterocycles. The monoisotopic (exact) mass is 497 g/mol. The lowest BCUT2D eigenvalue weighted by atomic mass is 10.1. The average Bonchev–Trinajstić information content (AvgIpc) is 3.39. The van der Waals surface area contributed by atoms with Crippen LogP contribution in [0.15, 0.2) is 54.7 Å². The van der Waals surface area contributed by atoms with Crippen molar-refractivity contribution in [2.24, 2.45) is 0 Å². The molecule has 0 radical (unpaired) electrons. The topological polar surface area (TPSA) is 107 Å². The van der Waals surface area contributed by atoms with Crippen molar-refractivity contribution in [2.45, 2.75) is 32.6 Å². The summed E-state index contributed by atoms with van der Waals surface area (Å²) >= 11 is 0. The summed E-state index contributed by atoms with van der Waals surface area (Å²) in [6.45, 7) is 3.05. The van der Waals surface area contributed by atoms with E-state index in [1.165, 1.54) is 10.9 Å². The fourth-order valence-electron chi connectivity index (χ4n) is 3.38. The molecule has 0 aliphatic heterocycles. The summed E-state index contributed by atoms with van der Waals surface area (Å²) in [7, 11) is 0. The number of hydrogen-bond acceptors (Lipinski definition) is 6. The van der Waals surface area contributed by atoms with Crippen LogP contribution in [-0.2, 0) is 0 Å². The molecule has 0 bridgehead atoms. The summed E-state index contributed by atoms with van der Waals surface area (Å²) in [5, 5.41) is 13.6. The van der Waals surface area contributed by atoms with Crippen molar-refractivity contribution in [2.75, 3.05) is 33.0 Å². The van der Waals surface area contributed by atoms with Crippen LogP contribution in [0.5, 0.6) is 11.5 Å². The molecule has 9 nitrogen and oxygen atoms in total. The van der Waals surface area contributed by atoms with Crippen molar-refractivity contribution < 1.29 is 23.5 Å². The van der Waals surface area contributed by atoms with E-state index in [4.69, 9.17) is 9.47 Å². The third kappa shape index (κ3) is 8.07. The maximum absolute atomic E-state index is 12.5. The van der Waals surface area contributed by atoms with Gasteiger partial charge in [-0.25, -0.2) is 4.68 Å². The Morgan fingerprint density at radius 1 is 0.944 bits per heavy atom. The number of benzene rings is 2. The number of rotatable bonds is 15. The summed E-state index contributed by atoms with van der Waals surface area (Å²) in [4.78, 5) is 24.8. The van der Waals surface area contributed by atoms with Crippen LogP contribution in [0.1, 0.15) is 53.5 Å². The number of aromatic nitrogens is 3. The fraction of sp³-hybridized carbons (Fsp3) is 0.385. The first-order valence-corrected chi connectivity index (χ1v) is 12.1. The Hall–Kier alpha value is -3.95. The van der Waals surface area contributed by atoms with E-state index < -0.39 is 0 Å². The molecule has 0 aliphatic rings. The standard InChI is InChI=1S/C26H32FN5O4/c1-2-28-25(33)20-12-13-23(24(18-20)36-16-9-4-3-8-14-27)32-19-22(30-31-32)26(34)29-15-17-35-21-10-6-5-7-11-21/h5-7,10-13,18-19H,2-4,8-9,14-17H2,1H3,(H,28,33)(H,29,34). The highest BCUT2D eigenvalue weighted by Crippen LogP contribution is 2.25. The van der Waals surface area contributed by atoms with E-state index in [0.717, 1.165) is 25.0 Å². The largest absolute Gasteiger partial charge is 0.492 e. The van der Waals surface area contributed by atoms with Crippen LogP contribution in [0.25, 0.3) is 5.69 Å². The summed E-state index contributed by atoms with van der Waals surface area (Å²) in [6, 6.07) is 14.3. The summed E-state index contributed by atoms with van der Waals surface area (Å²) in [5.74, 6) is 0.571. The van der Waals surface area contributed by atoms with Gasteiger partial charge in [-0.3, -0.25) is 14.0 Å². The minimum Gasteiger partial charge on any atom is -0.492 e. The van der Waals surface area contributed by atoms with Crippen molar-refractivity contribution >= 4 is 11.8 Å². The summed E-state index contributed by atoms with van der Waals surface area (Å²) in [6.07, 6.45) is 4.43. The smallest absolute Gasteiger partial charge is 0.273 e. The number of carbonyl (C=O) groups excluding carboxylic acids is 2. The van der Waals surface area contributed by atoms with Gasteiger partial charge in [-0.2, -0.15) is 0 Å². The van der Waals surface area contributed by atoms with E-state index in [2.05, 4.69) is 20.9 Å². The maximum atomic E-state index is 12.5. The minimum atomic E-state index is -0.382. The molecule has 2 N–H and O–H groups in total. The number of alkyl halides is 1. The Labute approximate surface area is 210 Å². The van der Waals surface area contributed by atoms with E-state index in [-0.39, 0.29) is 24.2 Å². The fourth-order valence-corrected chi connectivity index (χ4v) is 3.38. The molecular weight excluding hydrogens is 465 g/mol. The number of ether oxygens (including phenoxy) is 2. The van der Waals surface area contributed by atoms with Crippen molar-refractivity contribution in [1.29, 1.82) is 0 Å². The lowest BCUT2D eigenvalue weighted by Crippen LogP contribution is -2.28. The number of nitrogens with one attached hydrogen (secondary N) is 2. The van der Waals surface area contributed by atoms with Gasteiger partial charge in [0.15, 0.2) is 5.69 Å². The van der Waals surface area contributed by atoms with Gasteiger partial charge in [0.05, 0.1) is 26.0 Å². The van der Waals surface area contributed by atoms with Crippen LogP contribution in [0.2, 0.25) is 0 Å². The third-order valence-electron chi connectivity index (χ3n) is 5.22. The molecule has 0 atom stereocenters. The van der Waals surface area contributed by atoms with Crippen LogP contribution in [0.4, 0.5) is 4.39 Å². The van der Waals surface area contributed by atoms with Gasteiger partial charge in [0.1, 0.15) is 23.8 Å². The zero-order valence-electron chi connectivity index (χ0n) is 20.4. The summed E-state index contributed by atoms with van der Waals surface area (Å²) in [5.41, 5.74) is 1.13. The number of hydrogen-bond donors (Lipinski definition) is 2. The Balaban J connectivity index is 1.64. The van der Waals surface area contributed by atoms with Crippen LogP contribution >= 0.6 is 0 Å². The van der Waals surface area contributed by atoms with E-state index in [0.29, 0.717) is 49.7 Å². The van der Waals surface area contributed by atoms with E-state index >= 15 is 0 Å². The van der Waals surface area contributed by atoms with Gasteiger partial charge in [-0.1, -0.05) is 29.8 Å². The second-order valence-electron chi connectivity index (χ2n) is 7.96. The second-order valence-corrected chi connectivity index (χ2v) is 7.96. The van der Waals surface area contributed by atoms with Crippen molar-refractivity contribution in [3.63, 3.8) is 0 Å². The van der Waals surface area contributed by atoms with Gasteiger partial charge in [0.25, 0.3) is 11.8 Å². The highest BCUT2D eigenvalue weighted by Gasteiger charge is 2.16. The SMILES string of the molecule is CCNC(=O)c1ccc(-n2cc(C(=O)NCCOc3ccccc3)nn2)c(OCCCCCCF)c1. The quantitative estimate of drug-likeness (QED) is 0.310. The first-order chi connectivity index (χ1) is 17.6. The Kier molecular flexibility index (Phi) is 10.7. The van der Waals surface area contributed by atoms with Crippen molar-refractivity contribution in [1.82, 2.24) is 25.6 Å². The molecule has 36 heavy (non-hydrogen) atoms. The molecule has 3 aromatic rings. The van der Waals surface area contributed by atoms with Gasteiger partial charge in [0, 0.05) is 12.1 Å². The first kappa shape index (κ1) is 26.7. The summed E-state index contributed by atoms with van der Waals surface area (Å²) < 4.78 is 25.3. The second kappa shape index (κ2) is 14.4. The molecule has 10 heteroatoms. The molecule has 1 heterocycles. The zero-order valence-corrected chi connectivity index (χ0v) is 20.4. The lowest BCUT2D eigenvalue weighted by molar-refractivity contribution is 0.0938. The number of para-hydroxylation sites is 1. The van der Waals surface area contributed by atoms with Crippen LogP contribution in [0.3, 0.4) is 0 Å². The van der Waals surface area contributed by atoms with E-state index in [1.807, 2.05) is 37.3 Å². The highest BCUT2D eigenvalue weighted by molar-refractivity contribution is 5.95. The van der Waals surface area contributed by atoms with E-state index in [1.54, 1.807) is 18.2 Å². The molecule has 0 saturated heterocycles. The van der Waals surface area contributed by atoms with Crippen LogP contribution in [0, 0.1) is 0 Å². The highest BCUT2D eigenvalue weighted by atomic mass is 19.1. The molecular formula is C26H32FN5O4. The van der Waals surface area contributed by atoms with E-state index in [9.17, 15) is 14.0 Å². The Morgan fingerprint density at radius 3 is 2.53 bits per heavy atom. The Morgan fingerprint density at radius 2 is 1.75 bits per heavy atom. The zero-order chi connectivity index (χ0) is 25.6. The van der Waals surface area contributed by atoms with Gasteiger partial charge >= 0.3 is 0 Å². The predicted molar refractivity (Wildman–Crippen MR) is 134 cm³/mol. The van der Waals surface area contributed by atoms with Crippen molar-refractivity contribution in [3.8, 4) is 17.2 Å². The third-order valence-corrected chi connectivity index (χ3v) is 5.22. The minimum absolute atomic E-state index is 0.139. The maximum Gasteiger partial charge on any atom is 0.273 e. The molecule has 0 spiro atoms. The molecule has 0 aliphatic carbocycles. The van der Waals surface area contributed by atoms with Gasteiger partial charge in [-0.15, -0.1) is 5.10 Å². The number of nitrogens with zero attached hydrogens (tertiary/aromatic N) is 3. The molecule has 2 aromatic carbocycles. The van der Waals surface area contributed by atoms with Crippen LogP contribution in [-0.4, -0.2) is 59.8 Å². The van der Waals surface area contributed by atoms with Gasteiger partial charge in [0.2, 0.25) is 0 Å². The lowest BCUT2D eigenvalue weighted by Gasteiger charge is -2.13. The predicted octanol–water partition coefficient (Wildman–Crippen LogP) is 3.73. The molecule has 0 unspecified atom stereocenters. The molecule has 0 saturated carbocycles. The number of halogens is 1. The number of unbranched alkanes of at least 4 members (excludes halogenated alkanes) is 3. The van der Waals surface area contributed by atoms with Crippen molar-refractivity contribution in [3.05, 3.63) is 66.0 Å². The molecule has 192 valence electrons. The van der Waals surface area contributed by atoms with Crippen LogP contribution < -0.4 is 20.1 Å².